The summed E-state index contributed by atoms with van der Waals surface area (Å²) in [5, 5.41) is 4.42. The van der Waals surface area contributed by atoms with Crippen LogP contribution in [0.4, 0.5) is 13.2 Å². The van der Waals surface area contributed by atoms with Gasteiger partial charge in [0.25, 0.3) is 0 Å². The number of aryl methyl sites for hydroxylation is 1. The first-order valence-corrected chi connectivity index (χ1v) is 7.12. The van der Waals surface area contributed by atoms with E-state index in [9.17, 15) is 18.0 Å². The van der Waals surface area contributed by atoms with Crippen molar-refractivity contribution in [3.8, 4) is 11.3 Å². The summed E-state index contributed by atoms with van der Waals surface area (Å²) in [6, 6.07) is 6.27. The fourth-order valence-corrected chi connectivity index (χ4v) is 2.62. The number of esters is 1. The lowest BCUT2D eigenvalue weighted by molar-refractivity contribution is -0.137. The standard InChI is InChI=1S/C16H13F3N2O3/c1-3-23-15(22)14-12(16(17,18)19)13(20-21(14)2)10-5-4-6-11-9(10)7-8-24-11/h4-8H,3H2,1-2H3. The fourth-order valence-electron chi connectivity index (χ4n) is 2.62. The van der Waals surface area contributed by atoms with E-state index in [1.165, 1.54) is 26.3 Å². The molecule has 0 amide bonds. The topological polar surface area (TPSA) is 57.3 Å². The van der Waals surface area contributed by atoms with Gasteiger partial charge < -0.3 is 9.15 Å². The van der Waals surface area contributed by atoms with E-state index in [0.717, 1.165) is 4.68 Å². The highest BCUT2D eigenvalue weighted by Crippen LogP contribution is 2.41. The van der Waals surface area contributed by atoms with Crippen LogP contribution >= 0.6 is 0 Å². The van der Waals surface area contributed by atoms with Gasteiger partial charge in [0, 0.05) is 18.0 Å². The third-order valence-electron chi connectivity index (χ3n) is 3.55. The Morgan fingerprint density at radius 3 is 2.75 bits per heavy atom. The summed E-state index contributed by atoms with van der Waals surface area (Å²) in [4.78, 5) is 12.0. The van der Waals surface area contributed by atoms with Crippen molar-refractivity contribution in [2.45, 2.75) is 13.1 Å². The van der Waals surface area contributed by atoms with Crippen molar-refractivity contribution in [3.63, 3.8) is 0 Å². The highest BCUT2D eigenvalue weighted by Gasteiger charge is 2.43. The minimum Gasteiger partial charge on any atom is -0.464 e. The minimum absolute atomic E-state index is 0.0338. The second kappa shape index (κ2) is 5.70. The van der Waals surface area contributed by atoms with Crippen molar-refractivity contribution < 1.29 is 27.1 Å². The first kappa shape index (κ1) is 16.1. The summed E-state index contributed by atoms with van der Waals surface area (Å²) in [6.07, 6.45) is -3.38. The molecule has 0 spiro atoms. The highest BCUT2D eigenvalue weighted by molar-refractivity contribution is 5.97. The van der Waals surface area contributed by atoms with E-state index in [4.69, 9.17) is 9.15 Å². The van der Waals surface area contributed by atoms with E-state index in [2.05, 4.69) is 5.10 Å². The summed E-state index contributed by atoms with van der Waals surface area (Å²) >= 11 is 0. The van der Waals surface area contributed by atoms with Gasteiger partial charge in [-0.15, -0.1) is 0 Å². The summed E-state index contributed by atoms with van der Waals surface area (Å²) in [6.45, 7) is 1.49. The SMILES string of the molecule is CCOC(=O)c1c(C(F)(F)F)c(-c2cccc3occc23)nn1C. The minimum atomic E-state index is -4.77. The molecule has 1 aromatic carbocycles. The van der Waals surface area contributed by atoms with Gasteiger partial charge in [0.1, 0.15) is 16.8 Å². The molecule has 24 heavy (non-hydrogen) atoms. The average molecular weight is 338 g/mol. The predicted octanol–water partition coefficient (Wildman–Crippen LogP) is 4.03. The largest absolute Gasteiger partial charge is 0.464 e. The van der Waals surface area contributed by atoms with Gasteiger partial charge in [-0.05, 0) is 19.1 Å². The lowest BCUT2D eigenvalue weighted by atomic mass is 10.0. The molecule has 0 N–H and O–H groups in total. The summed E-state index contributed by atoms with van der Waals surface area (Å²) in [7, 11) is 1.28. The molecule has 0 unspecified atom stereocenters. The molecule has 8 heteroatoms. The molecular formula is C16H13F3N2O3. The Labute approximate surface area is 134 Å². The number of aromatic nitrogens is 2. The molecule has 3 aromatic rings. The van der Waals surface area contributed by atoms with E-state index in [1.54, 1.807) is 18.2 Å². The predicted molar refractivity (Wildman–Crippen MR) is 79.4 cm³/mol. The lowest BCUT2D eigenvalue weighted by Crippen LogP contribution is -2.17. The number of halogens is 3. The molecule has 0 atom stereocenters. The molecule has 0 bridgehead atoms. The van der Waals surface area contributed by atoms with Crippen LogP contribution < -0.4 is 0 Å². The Hall–Kier alpha value is -2.77. The molecule has 5 nitrogen and oxygen atoms in total. The van der Waals surface area contributed by atoms with Crippen LogP contribution in [0, 0.1) is 0 Å². The van der Waals surface area contributed by atoms with Gasteiger partial charge in [-0.3, -0.25) is 4.68 Å². The van der Waals surface area contributed by atoms with Crippen LogP contribution in [-0.4, -0.2) is 22.4 Å². The Kier molecular flexibility index (Phi) is 3.82. The molecule has 0 aliphatic rings. The molecule has 0 saturated heterocycles. The van der Waals surface area contributed by atoms with Crippen molar-refractivity contribution in [2.75, 3.05) is 6.61 Å². The molecule has 0 aliphatic heterocycles. The Bertz CT molecular complexity index is 909. The quantitative estimate of drug-likeness (QED) is 0.677. The van der Waals surface area contributed by atoms with E-state index in [0.29, 0.717) is 11.0 Å². The maximum Gasteiger partial charge on any atom is 0.420 e. The second-order valence-electron chi connectivity index (χ2n) is 5.05. The van der Waals surface area contributed by atoms with Crippen molar-refractivity contribution in [2.24, 2.45) is 7.05 Å². The maximum absolute atomic E-state index is 13.6. The number of nitrogens with zero attached hydrogens (tertiary/aromatic N) is 2. The number of ether oxygens (including phenoxy) is 1. The third-order valence-corrected chi connectivity index (χ3v) is 3.55. The Morgan fingerprint density at radius 2 is 2.08 bits per heavy atom. The Morgan fingerprint density at radius 1 is 1.33 bits per heavy atom. The molecule has 0 saturated carbocycles. The molecule has 0 radical (unpaired) electrons. The van der Waals surface area contributed by atoms with Gasteiger partial charge in [0.2, 0.25) is 0 Å². The lowest BCUT2D eigenvalue weighted by Gasteiger charge is -2.10. The van der Waals surface area contributed by atoms with Crippen molar-refractivity contribution in [3.05, 3.63) is 41.8 Å². The number of fused-ring (bicyclic) bond motifs is 1. The smallest absolute Gasteiger partial charge is 0.420 e. The van der Waals surface area contributed by atoms with Crippen LogP contribution in [0.25, 0.3) is 22.2 Å². The summed E-state index contributed by atoms with van der Waals surface area (Å²) < 4.78 is 51.8. The van der Waals surface area contributed by atoms with Gasteiger partial charge in [-0.1, -0.05) is 12.1 Å². The van der Waals surface area contributed by atoms with E-state index in [1.807, 2.05) is 0 Å². The first-order chi connectivity index (χ1) is 11.3. The van der Waals surface area contributed by atoms with Gasteiger partial charge in [-0.2, -0.15) is 18.3 Å². The molecule has 0 fully saturated rings. The molecular weight excluding hydrogens is 325 g/mol. The molecule has 2 heterocycles. The second-order valence-corrected chi connectivity index (χ2v) is 5.05. The van der Waals surface area contributed by atoms with Gasteiger partial charge in [-0.25, -0.2) is 4.79 Å². The summed E-state index contributed by atoms with van der Waals surface area (Å²) in [5.41, 5.74) is -1.40. The van der Waals surface area contributed by atoms with Crippen LogP contribution in [0.5, 0.6) is 0 Å². The highest BCUT2D eigenvalue weighted by atomic mass is 19.4. The zero-order chi connectivity index (χ0) is 17.5. The van der Waals surface area contributed by atoms with Crippen LogP contribution in [-0.2, 0) is 18.0 Å². The maximum atomic E-state index is 13.6. The number of rotatable bonds is 3. The van der Waals surface area contributed by atoms with Gasteiger partial charge in [0.15, 0.2) is 5.69 Å². The number of hydrogen-bond acceptors (Lipinski definition) is 4. The van der Waals surface area contributed by atoms with Crippen molar-refractivity contribution in [1.82, 2.24) is 9.78 Å². The van der Waals surface area contributed by atoms with Crippen molar-refractivity contribution >= 4 is 16.9 Å². The number of benzene rings is 1. The van der Waals surface area contributed by atoms with E-state index >= 15 is 0 Å². The molecule has 2 aromatic heterocycles. The monoisotopic (exact) mass is 338 g/mol. The van der Waals surface area contributed by atoms with E-state index in [-0.39, 0.29) is 17.9 Å². The zero-order valence-corrected chi connectivity index (χ0v) is 12.8. The fraction of sp³-hybridized carbons (Fsp3) is 0.250. The van der Waals surface area contributed by atoms with Crippen LogP contribution in [0.3, 0.4) is 0 Å². The van der Waals surface area contributed by atoms with Crippen molar-refractivity contribution in [1.29, 1.82) is 0 Å². The summed E-state index contributed by atoms with van der Waals surface area (Å²) in [5.74, 6) is -1.06. The van der Waals surface area contributed by atoms with E-state index < -0.39 is 23.4 Å². The number of hydrogen-bond donors (Lipinski definition) is 0. The number of carbonyl (C=O) groups excluding carboxylic acids is 1. The van der Waals surface area contributed by atoms with Gasteiger partial charge in [0.05, 0.1) is 12.9 Å². The van der Waals surface area contributed by atoms with Crippen LogP contribution in [0.2, 0.25) is 0 Å². The molecule has 126 valence electrons. The zero-order valence-electron chi connectivity index (χ0n) is 12.8. The van der Waals surface area contributed by atoms with Crippen LogP contribution in [0.15, 0.2) is 34.9 Å². The normalized spacial score (nSPS) is 11.9. The van der Waals surface area contributed by atoms with Crippen LogP contribution in [0.1, 0.15) is 23.0 Å². The number of furan rings is 1. The first-order valence-electron chi connectivity index (χ1n) is 7.12. The molecule has 0 aliphatic carbocycles. The van der Waals surface area contributed by atoms with Gasteiger partial charge >= 0.3 is 12.1 Å². The third kappa shape index (κ3) is 2.53. The number of alkyl halides is 3. The molecule has 3 rings (SSSR count). The number of carbonyl (C=O) groups is 1. The average Bonchev–Trinajstić information content (AvgIpc) is 3.10. The Balaban J connectivity index is 2.31.